The molecule has 100 valence electrons. The van der Waals surface area contributed by atoms with E-state index in [1.165, 1.54) is 31.2 Å². The summed E-state index contributed by atoms with van der Waals surface area (Å²) < 4.78 is 5.45. The Hall–Kier alpha value is -0.800. The van der Waals surface area contributed by atoms with Gasteiger partial charge in [0.1, 0.15) is 5.76 Å². The molecule has 2 fully saturated rings. The second kappa shape index (κ2) is 5.06. The first-order chi connectivity index (χ1) is 8.74. The van der Waals surface area contributed by atoms with E-state index >= 15 is 0 Å². The first-order valence-electron chi connectivity index (χ1n) is 7.19. The number of aryl methyl sites for hydroxylation is 1. The van der Waals surface area contributed by atoms with Crippen molar-refractivity contribution in [2.75, 3.05) is 13.6 Å². The van der Waals surface area contributed by atoms with E-state index in [1.807, 2.05) is 6.07 Å². The third-order valence-electron chi connectivity index (χ3n) is 4.88. The van der Waals surface area contributed by atoms with Gasteiger partial charge in [0, 0.05) is 12.1 Å². The van der Waals surface area contributed by atoms with Crippen molar-refractivity contribution in [3.8, 4) is 0 Å². The number of furan rings is 1. The molecule has 1 N–H and O–H groups in total. The summed E-state index contributed by atoms with van der Waals surface area (Å²) in [7, 11) is 2.30. The third kappa shape index (κ3) is 2.34. The van der Waals surface area contributed by atoms with Gasteiger partial charge in [0.25, 0.3) is 0 Å². The minimum Gasteiger partial charge on any atom is -0.468 e. The van der Waals surface area contributed by atoms with Gasteiger partial charge in [-0.3, -0.25) is 0 Å². The van der Waals surface area contributed by atoms with Gasteiger partial charge in [-0.15, -0.1) is 0 Å². The highest BCUT2D eigenvalue weighted by molar-refractivity contribution is 5.14. The predicted molar refractivity (Wildman–Crippen MR) is 72.4 cm³/mol. The summed E-state index contributed by atoms with van der Waals surface area (Å²) in [6, 6.07) is 3.73. The van der Waals surface area contributed by atoms with E-state index in [4.69, 9.17) is 4.42 Å². The molecule has 0 amide bonds. The monoisotopic (exact) mass is 248 g/mol. The quantitative estimate of drug-likeness (QED) is 0.887. The van der Waals surface area contributed by atoms with E-state index < -0.39 is 0 Å². The second-order valence-corrected chi connectivity index (χ2v) is 6.05. The first kappa shape index (κ1) is 12.2. The van der Waals surface area contributed by atoms with Crippen LogP contribution in [0.4, 0.5) is 0 Å². The fourth-order valence-corrected chi connectivity index (χ4v) is 3.67. The van der Waals surface area contributed by atoms with Gasteiger partial charge in [0.2, 0.25) is 0 Å². The number of nitrogens with one attached hydrogen (secondary N) is 1. The van der Waals surface area contributed by atoms with E-state index in [9.17, 15) is 0 Å². The lowest BCUT2D eigenvalue weighted by Gasteiger charge is -2.36. The number of piperidine rings is 1. The van der Waals surface area contributed by atoms with Crippen LogP contribution in [-0.4, -0.2) is 30.6 Å². The van der Waals surface area contributed by atoms with Crippen LogP contribution in [0.3, 0.4) is 0 Å². The van der Waals surface area contributed by atoms with Crippen LogP contribution in [0.1, 0.15) is 37.0 Å². The second-order valence-electron chi connectivity index (χ2n) is 6.05. The van der Waals surface area contributed by atoms with Gasteiger partial charge in [0.05, 0.1) is 12.8 Å². The van der Waals surface area contributed by atoms with Gasteiger partial charge < -0.3 is 14.6 Å². The molecule has 0 saturated carbocycles. The molecule has 2 bridgehead atoms. The molecule has 1 aromatic rings. The molecule has 2 aliphatic heterocycles. The van der Waals surface area contributed by atoms with Crippen LogP contribution >= 0.6 is 0 Å². The zero-order valence-electron chi connectivity index (χ0n) is 11.5. The van der Waals surface area contributed by atoms with E-state index in [0.29, 0.717) is 0 Å². The highest BCUT2D eigenvalue weighted by Crippen LogP contribution is 2.37. The molecule has 1 aromatic heterocycles. The number of hydrogen-bond donors (Lipinski definition) is 1. The highest BCUT2D eigenvalue weighted by Gasteiger charge is 2.37. The Labute approximate surface area is 110 Å². The molecule has 2 atom stereocenters. The molecule has 18 heavy (non-hydrogen) atoms. The van der Waals surface area contributed by atoms with Crippen molar-refractivity contribution in [1.82, 2.24) is 10.2 Å². The molecule has 0 aromatic carbocycles. The maximum absolute atomic E-state index is 5.45. The Bertz CT molecular complexity index is 387. The molecular weight excluding hydrogens is 224 g/mol. The lowest BCUT2D eigenvalue weighted by atomic mass is 9.91. The Kier molecular flexibility index (Phi) is 3.44. The molecule has 3 heterocycles. The van der Waals surface area contributed by atoms with Crippen molar-refractivity contribution >= 4 is 0 Å². The van der Waals surface area contributed by atoms with Crippen LogP contribution < -0.4 is 5.32 Å². The van der Waals surface area contributed by atoms with Gasteiger partial charge in [-0.25, -0.2) is 0 Å². The average molecular weight is 248 g/mol. The van der Waals surface area contributed by atoms with Crippen LogP contribution in [0.15, 0.2) is 16.7 Å². The van der Waals surface area contributed by atoms with E-state index in [2.05, 4.69) is 24.2 Å². The Morgan fingerprint density at radius 2 is 2.06 bits per heavy atom. The van der Waals surface area contributed by atoms with E-state index in [-0.39, 0.29) is 0 Å². The number of nitrogens with zero attached hydrogens (tertiary/aromatic N) is 1. The van der Waals surface area contributed by atoms with Crippen LogP contribution in [-0.2, 0) is 6.54 Å². The molecule has 2 unspecified atom stereocenters. The molecule has 0 radical (unpaired) electrons. The zero-order chi connectivity index (χ0) is 12.5. The SMILES string of the molecule is Cc1ccoc1CNCC1CC2CCC(C1)N2C. The number of rotatable bonds is 4. The molecule has 0 spiro atoms. The van der Waals surface area contributed by atoms with Gasteiger partial charge >= 0.3 is 0 Å². The highest BCUT2D eigenvalue weighted by atomic mass is 16.3. The summed E-state index contributed by atoms with van der Waals surface area (Å²) in [5.41, 5.74) is 1.26. The summed E-state index contributed by atoms with van der Waals surface area (Å²) >= 11 is 0. The van der Waals surface area contributed by atoms with Crippen LogP contribution in [0.5, 0.6) is 0 Å². The predicted octanol–water partition coefficient (Wildman–Crippen LogP) is 2.55. The van der Waals surface area contributed by atoms with Crippen LogP contribution in [0.25, 0.3) is 0 Å². The van der Waals surface area contributed by atoms with Crippen molar-refractivity contribution < 1.29 is 4.42 Å². The van der Waals surface area contributed by atoms with Crippen molar-refractivity contribution in [2.45, 2.75) is 51.2 Å². The number of fused-ring (bicyclic) bond motifs is 2. The largest absolute Gasteiger partial charge is 0.468 e. The van der Waals surface area contributed by atoms with E-state index in [1.54, 1.807) is 6.26 Å². The van der Waals surface area contributed by atoms with Crippen molar-refractivity contribution in [3.63, 3.8) is 0 Å². The Balaban J connectivity index is 1.46. The topological polar surface area (TPSA) is 28.4 Å². The summed E-state index contributed by atoms with van der Waals surface area (Å²) in [6.45, 7) is 4.12. The molecule has 3 rings (SSSR count). The average Bonchev–Trinajstić information content (AvgIpc) is 2.82. The summed E-state index contributed by atoms with van der Waals surface area (Å²) in [5.74, 6) is 1.94. The molecule has 2 saturated heterocycles. The standard InChI is InChI=1S/C15H24N2O/c1-11-5-6-18-15(11)10-16-9-12-7-13-3-4-14(8-12)17(13)2/h5-6,12-14,16H,3-4,7-10H2,1-2H3. The van der Waals surface area contributed by atoms with Gasteiger partial charge in [-0.2, -0.15) is 0 Å². The lowest BCUT2D eigenvalue weighted by Crippen LogP contribution is -2.42. The summed E-state index contributed by atoms with van der Waals surface area (Å²) in [5, 5.41) is 3.57. The lowest BCUT2D eigenvalue weighted by molar-refractivity contribution is 0.132. The molecule has 2 aliphatic rings. The van der Waals surface area contributed by atoms with Crippen molar-refractivity contribution in [1.29, 1.82) is 0 Å². The third-order valence-corrected chi connectivity index (χ3v) is 4.88. The van der Waals surface area contributed by atoms with Crippen molar-refractivity contribution in [2.24, 2.45) is 5.92 Å². The molecular formula is C15H24N2O. The Morgan fingerprint density at radius 3 is 2.67 bits per heavy atom. The molecule has 3 nitrogen and oxygen atoms in total. The van der Waals surface area contributed by atoms with Gasteiger partial charge in [0.15, 0.2) is 0 Å². The van der Waals surface area contributed by atoms with E-state index in [0.717, 1.165) is 36.9 Å². The smallest absolute Gasteiger partial charge is 0.120 e. The van der Waals surface area contributed by atoms with Gasteiger partial charge in [-0.05, 0) is 63.7 Å². The van der Waals surface area contributed by atoms with Crippen LogP contribution in [0.2, 0.25) is 0 Å². The summed E-state index contributed by atoms with van der Waals surface area (Å²) in [4.78, 5) is 2.60. The maximum Gasteiger partial charge on any atom is 0.120 e. The molecule has 3 heteroatoms. The maximum atomic E-state index is 5.45. The normalized spacial score (nSPS) is 32.0. The zero-order valence-corrected chi connectivity index (χ0v) is 11.5. The minimum atomic E-state index is 0.848. The fraction of sp³-hybridized carbons (Fsp3) is 0.733. The minimum absolute atomic E-state index is 0.848. The van der Waals surface area contributed by atoms with Crippen LogP contribution in [0, 0.1) is 12.8 Å². The Morgan fingerprint density at radius 1 is 1.33 bits per heavy atom. The number of hydrogen-bond acceptors (Lipinski definition) is 3. The van der Waals surface area contributed by atoms with Gasteiger partial charge in [-0.1, -0.05) is 0 Å². The first-order valence-corrected chi connectivity index (χ1v) is 7.19. The van der Waals surface area contributed by atoms with Crippen molar-refractivity contribution in [3.05, 3.63) is 23.7 Å². The fourth-order valence-electron chi connectivity index (χ4n) is 3.67. The molecule has 0 aliphatic carbocycles. The summed E-state index contributed by atoms with van der Waals surface area (Å²) in [6.07, 6.45) is 7.35.